The van der Waals surface area contributed by atoms with E-state index < -0.39 is 12.1 Å². The molecule has 0 saturated heterocycles. The third kappa shape index (κ3) is 65.2. The number of esters is 1. The third-order valence-electron chi connectivity index (χ3n) is 16.9. The molecule has 6 nitrogen and oxygen atoms in total. The van der Waals surface area contributed by atoms with E-state index >= 15 is 0 Å². The second-order valence-corrected chi connectivity index (χ2v) is 24.9. The van der Waals surface area contributed by atoms with Crippen LogP contribution >= 0.6 is 0 Å². The summed E-state index contributed by atoms with van der Waals surface area (Å²) in [5.41, 5.74) is 0. The lowest BCUT2D eigenvalue weighted by atomic mass is 10.0. The van der Waals surface area contributed by atoms with Gasteiger partial charge in [-0.1, -0.05) is 359 Å². The minimum absolute atomic E-state index is 0.00726. The van der Waals surface area contributed by atoms with Gasteiger partial charge in [0.1, 0.15) is 0 Å². The average Bonchev–Trinajstić information content (AvgIpc) is 3.46. The molecule has 6 heteroatoms. The number of ether oxygens (including phenoxy) is 1. The van der Waals surface area contributed by atoms with Crippen molar-refractivity contribution in [2.75, 3.05) is 13.2 Å². The fraction of sp³-hybridized carbons (Fsp3) is 0.892. The molecule has 0 radical (unpaired) electrons. The van der Waals surface area contributed by atoms with Crippen LogP contribution in [0.4, 0.5) is 0 Å². The quantitative estimate of drug-likeness (QED) is 0.0320. The molecule has 0 aromatic carbocycles. The van der Waals surface area contributed by atoms with Gasteiger partial charge in [0.05, 0.1) is 25.4 Å². The average molecular weight is 1120 g/mol. The van der Waals surface area contributed by atoms with Gasteiger partial charge in [-0.05, 0) is 64.2 Å². The lowest BCUT2D eigenvalue weighted by Crippen LogP contribution is -2.45. The van der Waals surface area contributed by atoms with Gasteiger partial charge in [-0.3, -0.25) is 9.59 Å². The molecule has 0 aliphatic carbocycles. The number of allylic oxidation sites excluding steroid dienone is 5. The van der Waals surface area contributed by atoms with E-state index in [9.17, 15) is 19.8 Å². The molecule has 472 valence electrons. The van der Waals surface area contributed by atoms with Crippen LogP contribution in [0.25, 0.3) is 0 Å². The van der Waals surface area contributed by atoms with E-state index in [2.05, 4.69) is 43.5 Å². The highest BCUT2D eigenvalue weighted by atomic mass is 16.5. The monoisotopic (exact) mass is 1120 g/mol. The Morgan fingerprint density at radius 1 is 0.350 bits per heavy atom. The first-order valence-corrected chi connectivity index (χ1v) is 36.3. The predicted molar refractivity (Wildman–Crippen MR) is 352 cm³/mol. The van der Waals surface area contributed by atoms with E-state index in [1.165, 1.54) is 321 Å². The summed E-state index contributed by atoms with van der Waals surface area (Å²) in [4.78, 5) is 24.6. The molecule has 0 heterocycles. The molecule has 3 N–H and O–H groups in total. The van der Waals surface area contributed by atoms with Crippen LogP contribution in [0.2, 0.25) is 0 Å². The molecule has 0 fully saturated rings. The van der Waals surface area contributed by atoms with Gasteiger partial charge in [0, 0.05) is 12.8 Å². The maximum absolute atomic E-state index is 12.5. The first-order chi connectivity index (χ1) is 39.5. The molecule has 0 rings (SSSR count). The maximum atomic E-state index is 12.5. The summed E-state index contributed by atoms with van der Waals surface area (Å²) >= 11 is 0. The number of amides is 1. The Bertz CT molecular complexity index is 1300. The number of carbonyl (C=O) groups is 2. The zero-order valence-electron chi connectivity index (χ0n) is 54.1. The summed E-state index contributed by atoms with van der Waals surface area (Å²) < 4.78 is 5.50. The first-order valence-electron chi connectivity index (χ1n) is 36.3. The van der Waals surface area contributed by atoms with Crippen LogP contribution < -0.4 is 5.32 Å². The minimum Gasteiger partial charge on any atom is -0.466 e. The smallest absolute Gasteiger partial charge is 0.305 e. The summed E-state index contributed by atoms with van der Waals surface area (Å²) in [5.74, 6) is -0.0563. The van der Waals surface area contributed by atoms with E-state index in [-0.39, 0.29) is 18.5 Å². The number of aliphatic hydroxyl groups excluding tert-OH is 2. The molecule has 2 unspecified atom stereocenters. The van der Waals surface area contributed by atoms with Crippen LogP contribution in [0.3, 0.4) is 0 Å². The first kappa shape index (κ1) is 78.1. The van der Waals surface area contributed by atoms with Gasteiger partial charge in [-0.15, -0.1) is 0 Å². The van der Waals surface area contributed by atoms with Crippen LogP contribution in [0, 0.1) is 0 Å². The summed E-state index contributed by atoms with van der Waals surface area (Å²) in [7, 11) is 0. The van der Waals surface area contributed by atoms with Crippen molar-refractivity contribution in [3.05, 3.63) is 36.5 Å². The summed E-state index contributed by atoms with van der Waals surface area (Å²) in [6, 6.07) is -0.629. The van der Waals surface area contributed by atoms with Gasteiger partial charge in [-0.25, -0.2) is 0 Å². The third-order valence-corrected chi connectivity index (χ3v) is 16.9. The molecule has 0 bridgehead atoms. The number of aliphatic hydroxyl groups is 2. The normalized spacial score (nSPS) is 12.7. The van der Waals surface area contributed by atoms with Crippen molar-refractivity contribution in [1.82, 2.24) is 5.32 Å². The number of unbranched alkanes of at least 4 members (excludes halogenated alkanes) is 53. The highest BCUT2D eigenvalue weighted by Gasteiger charge is 2.18. The van der Waals surface area contributed by atoms with Crippen molar-refractivity contribution in [2.24, 2.45) is 0 Å². The minimum atomic E-state index is -0.846. The van der Waals surface area contributed by atoms with Crippen LogP contribution in [0.5, 0.6) is 0 Å². The van der Waals surface area contributed by atoms with Crippen molar-refractivity contribution >= 4 is 11.9 Å². The van der Waals surface area contributed by atoms with Gasteiger partial charge in [-0.2, -0.15) is 0 Å². The van der Waals surface area contributed by atoms with Crippen molar-refractivity contribution in [3.63, 3.8) is 0 Å². The molecular weight excluding hydrogens is 983 g/mol. The highest BCUT2D eigenvalue weighted by molar-refractivity contribution is 5.76. The summed E-state index contributed by atoms with van der Waals surface area (Å²) in [5, 5.41) is 23.3. The van der Waals surface area contributed by atoms with E-state index in [4.69, 9.17) is 4.74 Å². The molecule has 0 aromatic rings. The molecule has 2 atom stereocenters. The Hall–Kier alpha value is -1.92. The Morgan fingerprint density at radius 2 is 0.625 bits per heavy atom. The Morgan fingerprint density at radius 3 is 0.963 bits per heavy atom. The van der Waals surface area contributed by atoms with Gasteiger partial charge in [0.25, 0.3) is 0 Å². The standard InChI is InChI=1S/C74H141NO5/c1-3-5-7-9-11-13-15-17-19-21-23-24-28-31-34-38-42-46-50-54-58-62-66-72(77)71(70-76)75-73(78)67-63-59-55-51-47-43-39-35-32-29-26-25-27-30-33-37-41-45-49-53-57-61-65-69-80-74(79)68-64-60-56-52-48-44-40-36-22-20-18-16-14-12-10-8-6-4-2/h14,16,20,22,62,66,71-72,76-77H,3-13,15,17-19,21,23-61,63-65,67-70H2,1-2H3,(H,75,78)/b16-14-,22-20-,66-62+. The number of carbonyl (C=O) groups excluding carboxylic acids is 2. The number of hydrogen-bond donors (Lipinski definition) is 3. The molecule has 0 spiro atoms. The van der Waals surface area contributed by atoms with Gasteiger partial charge < -0.3 is 20.3 Å². The van der Waals surface area contributed by atoms with E-state index in [0.29, 0.717) is 19.4 Å². The summed E-state index contributed by atoms with van der Waals surface area (Å²) in [6.07, 6.45) is 89.4. The van der Waals surface area contributed by atoms with Crippen molar-refractivity contribution in [2.45, 2.75) is 411 Å². The molecular formula is C74H141NO5. The van der Waals surface area contributed by atoms with E-state index in [0.717, 1.165) is 51.4 Å². The molecule has 0 aliphatic heterocycles. The SMILES string of the molecule is CCCCCC/C=C\C/C=C\CCCCCCCCCC(=O)OCCCCCCCCCCCCCCCCCCCCCCCCCC(=O)NC(CO)C(O)/C=C/CCCCCCCCCCCCCCCCCCCCCC. The maximum Gasteiger partial charge on any atom is 0.305 e. The van der Waals surface area contributed by atoms with Gasteiger partial charge in [0.15, 0.2) is 0 Å². The molecule has 0 aromatic heterocycles. The number of nitrogens with one attached hydrogen (secondary N) is 1. The lowest BCUT2D eigenvalue weighted by molar-refractivity contribution is -0.143. The Balaban J connectivity index is 3.40. The summed E-state index contributed by atoms with van der Waals surface area (Å²) in [6.45, 7) is 4.92. The van der Waals surface area contributed by atoms with Crippen molar-refractivity contribution in [3.8, 4) is 0 Å². The van der Waals surface area contributed by atoms with Crippen molar-refractivity contribution in [1.29, 1.82) is 0 Å². The van der Waals surface area contributed by atoms with Gasteiger partial charge in [0.2, 0.25) is 5.91 Å². The van der Waals surface area contributed by atoms with Crippen LogP contribution in [0.1, 0.15) is 399 Å². The molecule has 80 heavy (non-hydrogen) atoms. The second kappa shape index (κ2) is 69.6. The fourth-order valence-corrected chi connectivity index (χ4v) is 11.4. The number of hydrogen-bond acceptors (Lipinski definition) is 5. The van der Waals surface area contributed by atoms with Crippen LogP contribution in [0.15, 0.2) is 36.5 Å². The molecule has 1 amide bonds. The van der Waals surface area contributed by atoms with E-state index in [1.807, 2.05) is 6.08 Å². The number of rotatable bonds is 68. The zero-order valence-corrected chi connectivity index (χ0v) is 54.1. The Labute approximate surface area is 500 Å². The highest BCUT2D eigenvalue weighted by Crippen LogP contribution is 2.19. The second-order valence-electron chi connectivity index (χ2n) is 24.9. The van der Waals surface area contributed by atoms with E-state index in [1.54, 1.807) is 6.08 Å². The van der Waals surface area contributed by atoms with Crippen molar-refractivity contribution < 1.29 is 24.5 Å². The predicted octanol–water partition coefficient (Wildman–Crippen LogP) is 23.5. The fourth-order valence-electron chi connectivity index (χ4n) is 11.4. The largest absolute Gasteiger partial charge is 0.466 e. The topological polar surface area (TPSA) is 95.9 Å². The molecule has 0 aliphatic rings. The zero-order chi connectivity index (χ0) is 57.8. The van der Waals surface area contributed by atoms with Crippen LogP contribution in [-0.4, -0.2) is 47.4 Å². The molecule has 0 saturated carbocycles. The Kier molecular flexibility index (Phi) is 67.9. The lowest BCUT2D eigenvalue weighted by Gasteiger charge is -2.20. The van der Waals surface area contributed by atoms with Gasteiger partial charge >= 0.3 is 5.97 Å². The van der Waals surface area contributed by atoms with Crippen LogP contribution in [-0.2, 0) is 14.3 Å².